The summed E-state index contributed by atoms with van der Waals surface area (Å²) in [7, 11) is 5.18. The van der Waals surface area contributed by atoms with Gasteiger partial charge in [0.15, 0.2) is 0 Å². The maximum Gasteiger partial charge on any atom is 0.303 e. The lowest BCUT2D eigenvalue weighted by atomic mass is 10.1. The third-order valence-corrected chi connectivity index (χ3v) is 5.55. The number of carboxylic acids is 1. The number of carboxylic acid groups (broad SMARTS) is 1. The van der Waals surface area contributed by atoms with E-state index in [9.17, 15) is 4.79 Å². The van der Waals surface area contributed by atoms with Gasteiger partial charge in [-0.15, -0.1) is 5.11 Å². The molecule has 0 aliphatic heterocycles. The van der Waals surface area contributed by atoms with Crippen LogP contribution >= 0.6 is 0 Å². The lowest BCUT2D eigenvalue weighted by Gasteiger charge is -2.19. The number of azo groups is 1. The molecular weight excluding hydrogens is 444 g/mol. The number of hydrogen-bond acceptors (Lipinski definition) is 7. The monoisotopic (exact) mass is 476 g/mol. The van der Waals surface area contributed by atoms with E-state index < -0.39 is 5.97 Å². The van der Waals surface area contributed by atoms with Gasteiger partial charge >= 0.3 is 5.97 Å². The highest BCUT2D eigenvalue weighted by Gasteiger charge is 2.12. The minimum Gasteiger partial charge on any atom is -0.495 e. The molecular formula is C27H32N4O4. The van der Waals surface area contributed by atoms with Crippen LogP contribution in [0.5, 0.6) is 11.5 Å². The number of methoxy groups -OCH3 is 2. The molecule has 0 atom stereocenters. The zero-order valence-corrected chi connectivity index (χ0v) is 20.6. The Morgan fingerprint density at radius 1 is 0.971 bits per heavy atom. The predicted molar refractivity (Wildman–Crippen MR) is 139 cm³/mol. The van der Waals surface area contributed by atoms with Crippen molar-refractivity contribution in [2.24, 2.45) is 10.2 Å². The summed E-state index contributed by atoms with van der Waals surface area (Å²) in [5.41, 5.74) is 5.42. The summed E-state index contributed by atoms with van der Waals surface area (Å²) in [5.74, 6) is 0.454. The summed E-state index contributed by atoms with van der Waals surface area (Å²) in [5, 5.41) is 20.9. The number of benzene rings is 3. The number of ether oxygens (including phenoxy) is 2. The van der Waals surface area contributed by atoms with Crippen molar-refractivity contribution >= 4 is 28.7 Å². The average molecular weight is 477 g/mol. The quantitative estimate of drug-likeness (QED) is 0.296. The molecule has 0 heterocycles. The van der Waals surface area contributed by atoms with Gasteiger partial charge in [0.2, 0.25) is 0 Å². The molecule has 0 saturated heterocycles. The zero-order chi connectivity index (χ0) is 25.2. The summed E-state index contributed by atoms with van der Waals surface area (Å²) in [4.78, 5) is 12.8. The van der Waals surface area contributed by atoms with Gasteiger partial charge in [0.25, 0.3) is 0 Å². The molecule has 0 spiro atoms. The highest BCUT2D eigenvalue weighted by Crippen LogP contribution is 2.39. The van der Waals surface area contributed by atoms with Crippen LogP contribution in [0.25, 0.3) is 0 Å². The van der Waals surface area contributed by atoms with Crippen LogP contribution < -0.4 is 19.7 Å². The fourth-order valence-corrected chi connectivity index (χ4v) is 3.48. The Morgan fingerprint density at radius 3 is 2.29 bits per heavy atom. The largest absolute Gasteiger partial charge is 0.495 e. The molecule has 3 rings (SSSR count). The molecule has 3 aromatic carbocycles. The smallest absolute Gasteiger partial charge is 0.303 e. The standard InChI is InChI=1S/C27H32N4O4/c1-19-7-11-21(12-8-19)29-30-24-17-25(34-3)23(16-26(24)35-4)28-18-20-9-13-22(14-10-20)31(2)15-5-6-27(32)33/h7-14,16-17,28H,5-6,15,18H2,1-4H3,(H,32,33). The first-order valence-electron chi connectivity index (χ1n) is 11.4. The zero-order valence-electron chi connectivity index (χ0n) is 20.6. The number of nitrogens with one attached hydrogen (secondary N) is 1. The summed E-state index contributed by atoms with van der Waals surface area (Å²) in [6.45, 7) is 3.31. The molecule has 0 aromatic heterocycles. The second kappa shape index (κ2) is 12.4. The summed E-state index contributed by atoms with van der Waals surface area (Å²) in [6, 6.07) is 19.6. The number of aliphatic carboxylic acids is 1. The molecule has 8 heteroatoms. The molecule has 0 aliphatic carbocycles. The second-order valence-corrected chi connectivity index (χ2v) is 8.20. The molecule has 0 fully saturated rings. The molecule has 0 unspecified atom stereocenters. The van der Waals surface area contributed by atoms with Crippen molar-refractivity contribution in [2.75, 3.05) is 38.0 Å². The van der Waals surface area contributed by atoms with Gasteiger partial charge in [-0.1, -0.05) is 29.8 Å². The number of nitrogens with zero attached hydrogens (tertiary/aromatic N) is 3. The van der Waals surface area contributed by atoms with Gasteiger partial charge in [0.05, 0.1) is 25.6 Å². The van der Waals surface area contributed by atoms with E-state index in [0.717, 1.165) is 28.2 Å². The minimum absolute atomic E-state index is 0.170. The number of anilines is 2. The summed E-state index contributed by atoms with van der Waals surface area (Å²) in [6.07, 6.45) is 0.779. The SMILES string of the molecule is COc1cc(NCc2ccc(N(C)CCCC(=O)O)cc2)c(OC)cc1N=Nc1ccc(C)cc1. The Bertz CT molecular complexity index is 1150. The van der Waals surface area contributed by atoms with Crippen molar-refractivity contribution in [1.82, 2.24) is 0 Å². The van der Waals surface area contributed by atoms with Gasteiger partial charge in [-0.25, -0.2) is 0 Å². The Labute approximate surface area is 206 Å². The Morgan fingerprint density at radius 2 is 1.66 bits per heavy atom. The Hall–Kier alpha value is -4.07. The number of carbonyl (C=O) groups is 1. The maximum atomic E-state index is 10.7. The van der Waals surface area contributed by atoms with E-state index in [4.69, 9.17) is 14.6 Å². The van der Waals surface area contributed by atoms with Gasteiger partial charge in [-0.2, -0.15) is 5.11 Å². The number of hydrogen-bond donors (Lipinski definition) is 2. The predicted octanol–water partition coefficient (Wildman–Crippen LogP) is 6.34. The normalized spacial score (nSPS) is 10.9. The van der Waals surface area contributed by atoms with Crippen LogP contribution in [-0.4, -0.2) is 38.9 Å². The lowest BCUT2D eigenvalue weighted by Crippen LogP contribution is -2.19. The van der Waals surface area contributed by atoms with Gasteiger partial charge in [0.1, 0.15) is 17.2 Å². The van der Waals surface area contributed by atoms with Crippen molar-refractivity contribution < 1.29 is 19.4 Å². The van der Waals surface area contributed by atoms with Crippen LogP contribution in [0.4, 0.5) is 22.7 Å². The molecule has 0 aliphatic rings. The van der Waals surface area contributed by atoms with Crippen LogP contribution in [0.1, 0.15) is 24.0 Å². The lowest BCUT2D eigenvalue weighted by molar-refractivity contribution is -0.137. The third kappa shape index (κ3) is 7.46. The topological polar surface area (TPSA) is 95.8 Å². The van der Waals surface area contributed by atoms with Crippen LogP contribution in [-0.2, 0) is 11.3 Å². The van der Waals surface area contributed by atoms with Gasteiger partial charge in [0, 0.05) is 44.4 Å². The molecule has 0 bridgehead atoms. The second-order valence-electron chi connectivity index (χ2n) is 8.20. The fraction of sp³-hybridized carbons (Fsp3) is 0.296. The van der Waals surface area contributed by atoms with E-state index in [1.54, 1.807) is 20.3 Å². The van der Waals surface area contributed by atoms with Crippen molar-refractivity contribution in [2.45, 2.75) is 26.3 Å². The van der Waals surface area contributed by atoms with Crippen molar-refractivity contribution in [3.8, 4) is 11.5 Å². The molecule has 0 amide bonds. The number of aryl methyl sites for hydroxylation is 1. The van der Waals surface area contributed by atoms with Gasteiger partial charge in [-0.05, 0) is 43.2 Å². The molecule has 3 aromatic rings. The van der Waals surface area contributed by atoms with E-state index in [-0.39, 0.29) is 6.42 Å². The van der Waals surface area contributed by atoms with E-state index in [0.29, 0.717) is 36.7 Å². The van der Waals surface area contributed by atoms with E-state index in [1.165, 1.54) is 0 Å². The number of rotatable bonds is 12. The molecule has 35 heavy (non-hydrogen) atoms. The first-order valence-corrected chi connectivity index (χ1v) is 11.4. The maximum absolute atomic E-state index is 10.7. The fourth-order valence-electron chi connectivity index (χ4n) is 3.48. The third-order valence-electron chi connectivity index (χ3n) is 5.55. The van der Waals surface area contributed by atoms with Crippen LogP contribution in [0.15, 0.2) is 70.9 Å². The van der Waals surface area contributed by atoms with Crippen molar-refractivity contribution in [3.05, 3.63) is 71.8 Å². The van der Waals surface area contributed by atoms with E-state index in [1.807, 2.05) is 68.6 Å². The Kier molecular flexibility index (Phi) is 9.06. The highest BCUT2D eigenvalue weighted by atomic mass is 16.5. The summed E-state index contributed by atoms with van der Waals surface area (Å²) < 4.78 is 11.1. The molecule has 2 N–H and O–H groups in total. The summed E-state index contributed by atoms with van der Waals surface area (Å²) >= 11 is 0. The van der Waals surface area contributed by atoms with Gasteiger partial charge < -0.3 is 24.8 Å². The van der Waals surface area contributed by atoms with Crippen LogP contribution in [0, 0.1) is 6.92 Å². The molecule has 0 saturated carbocycles. The molecule has 184 valence electrons. The average Bonchev–Trinajstić information content (AvgIpc) is 2.87. The van der Waals surface area contributed by atoms with Gasteiger partial charge in [-0.3, -0.25) is 4.79 Å². The first kappa shape index (κ1) is 25.6. The van der Waals surface area contributed by atoms with Crippen LogP contribution in [0.3, 0.4) is 0 Å². The van der Waals surface area contributed by atoms with E-state index in [2.05, 4.69) is 20.4 Å². The molecule has 0 radical (unpaired) electrons. The van der Waals surface area contributed by atoms with Crippen molar-refractivity contribution in [1.29, 1.82) is 0 Å². The highest BCUT2D eigenvalue weighted by molar-refractivity contribution is 5.69. The van der Waals surface area contributed by atoms with Crippen LogP contribution in [0.2, 0.25) is 0 Å². The van der Waals surface area contributed by atoms with E-state index >= 15 is 0 Å². The first-order chi connectivity index (χ1) is 16.9. The van der Waals surface area contributed by atoms with Crippen molar-refractivity contribution in [3.63, 3.8) is 0 Å². The molecule has 8 nitrogen and oxygen atoms in total. The Balaban J connectivity index is 1.67. The minimum atomic E-state index is -0.769.